The molecule has 2 heterocycles. The number of benzene rings is 1. The van der Waals surface area contributed by atoms with Crippen LogP contribution in [0.15, 0.2) is 24.3 Å². The topological polar surface area (TPSA) is 32.8 Å². The van der Waals surface area contributed by atoms with Gasteiger partial charge in [-0.3, -0.25) is 4.79 Å². The summed E-state index contributed by atoms with van der Waals surface area (Å²) in [5, 5.41) is 0. The van der Waals surface area contributed by atoms with Gasteiger partial charge in [-0.15, -0.1) is 0 Å². The van der Waals surface area contributed by atoms with Crippen LogP contribution in [0.2, 0.25) is 0 Å². The quantitative estimate of drug-likeness (QED) is 0.860. The number of ether oxygens (including phenoxy) is 1. The van der Waals surface area contributed by atoms with Crippen LogP contribution in [-0.2, 0) is 9.53 Å². The van der Waals surface area contributed by atoms with Crippen LogP contribution in [0.4, 0.5) is 11.4 Å². The Morgan fingerprint density at radius 3 is 2.50 bits per heavy atom. The van der Waals surface area contributed by atoms with E-state index in [9.17, 15) is 4.79 Å². The van der Waals surface area contributed by atoms with Gasteiger partial charge in [0.25, 0.3) is 0 Å². The Morgan fingerprint density at radius 2 is 1.82 bits per heavy atom. The van der Waals surface area contributed by atoms with Crippen molar-refractivity contribution in [2.45, 2.75) is 39.2 Å². The molecule has 0 saturated carbocycles. The Hall–Kier alpha value is -1.55. The van der Waals surface area contributed by atoms with E-state index >= 15 is 0 Å². The second-order valence-corrected chi connectivity index (χ2v) is 6.60. The Labute approximate surface area is 133 Å². The average Bonchev–Trinajstić information content (AvgIpc) is 2.55. The van der Waals surface area contributed by atoms with Gasteiger partial charge in [0.15, 0.2) is 0 Å². The minimum Gasteiger partial charge on any atom is -0.377 e. The van der Waals surface area contributed by atoms with Gasteiger partial charge in [0.05, 0.1) is 19.3 Å². The van der Waals surface area contributed by atoms with Gasteiger partial charge in [-0.1, -0.05) is 13.8 Å². The fourth-order valence-electron chi connectivity index (χ4n) is 3.40. The Kier molecular flexibility index (Phi) is 4.67. The van der Waals surface area contributed by atoms with E-state index in [1.54, 1.807) is 0 Å². The summed E-state index contributed by atoms with van der Waals surface area (Å²) in [6.45, 7) is 7.86. The van der Waals surface area contributed by atoms with Crippen molar-refractivity contribution in [1.82, 2.24) is 0 Å². The lowest BCUT2D eigenvalue weighted by molar-refractivity contribution is -0.119. The van der Waals surface area contributed by atoms with Crippen LogP contribution in [0.3, 0.4) is 0 Å². The van der Waals surface area contributed by atoms with E-state index in [0.717, 1.165) is 44.8 Å². The first kappa shape index (κ1) is 15.3. The van der Waals surface area contributed by atoms with Crippen molar-refractivity contribution in [1.29, 1.82) is 0 Å². The Balaban J connectivity index is 1.76. The summed E-state index contributed by atoms with van der Waals surface area (Å²) in [6, 6.07) is 8.91. The van der Waals surface area contributed by atoms with Gasteiger partial charge in [-0.2, -0.15) is 0 Å². The van der Waals surface area contributed by atoms with Crippen LogP contribution in [-0.4, -0.2) is 38.3 Å². The van der Waals surface area contributed by atoms with Crippen LogP contribution in [0, 0.1) is 5.92 Å². The molecule has 22 heavy (non-hydrogen) atoms. The molecule has 120 valence electrons. The molecule has 0 N–H and O–H groups in total. The van der Waals surface area contributed by atoms with Gasteiger partial charge in [0.1, 0.15) is 0 Å². The number of carbonyl (C=O) groups is 1. The molecule has 0 aromatic heterocycles. The van der Waals surface area contributed by atoms with E-state index in [0.29, 0.717) is 18.4 Å². The number of piperidine rings is 1. The lowest BCUT2D eigenvalue weighted by Crippen LogP contribution is -2.48. The molecule has 0 aliphatic carbocycles. The highest BCUT2D eigenvalue weighted by Crippen LogP contribution is 2.27. The lowest BCUT2D eigenvalue weighted by atomic mass is 10.0. The highest BCUT2D eigenvalue weighted by Gasteiger charge is 2.26. The highest BCUT2D eigenvalue weighted by atomic mass is 16.5. The third kappa shape index (κ3) is 3.12. The van der Waals surface area contributed by atoms with E-state index in [-0.39, 0.29) is 5.91 Å². The fraction of sp³-hybridized carbons (Fsp3) is 0.611. The molecule has 2 fully saturated rings. The highest BCUT2D eigenvalue weighted by molar-refractivity contribution is 5.94. The first-order valence-electron chi connectivity index (χ1n) is 8.41. The van der Waals surface area contributed by atoms with Crippen molar-refractivity contribution < 1.29 is 9.53 Å². The number of amides is 1. The molecule has 2 saturated heterocycles. The van der Waals surface area contributed by atoms with E-state index in [1.165, 1.54) is 5.69 Å². The van der Waals surface area contributed by atoms with Crippen LogP contribution < -0.4 is 9.80 Å². The summed E-state index contributed by atoms with van der Waals surface area (Å²) in [5.74, 6) is 0.814. The van der Waals surface area contributed by atoms with Crippen molar-refractivity contribution in [2.24, 2.45) is 5.92 Å². The molecule has 2 aliphatic rings. The number of nitrogens with zero attached hydrogens (tertiary/aromatic N) is 2. The van der Waals surface area contributed by atoms with Gasteiger partial charge in [-0.25, -0.2) is 0 Å². The monoisotopic (exact) mass is 302 g/mol. The minimum atomic E-state index is 0.255. The lowest BCUT2D eigenvalue weighted by Gasteiger charge is -2.40. The van der Waals surface area contributed by atoms with Crippen LogP contribution >= 0.6 is 0 Å². The summed E-state index contributed by atoms with van der Waals surface area (Å²) in [6.07, 6.45) is 2.81. The average molecular weight is 302 g/mol. The SMILES string of the molecule is CC(C)C1COCCN1c1ccc(N2CCCCC2=O)cc1. The molecule has 1 aromatic carbocycles. The predicted molar refractivity (Wildman–Crippen MR) is 89.4 cm³/mol. The molecule has 1 aromatic rings. The summed E-state index contributed by atoms with van der Waals surface area (Å²) in [5.41, 5.74) is 2.26. The third-order valence-electron chi connectivity index (χ3n) is 4.75. The predicted octanol–water partition coefficient (Wildman–Crippen LogP) is 3.06. The minimum absolute atomic E-state index is 0.255. The molecule has 0 radical (unpaired) electrons. The number of anilines is 2. The van der Waals surface area contributed by atoms with Gasteiger partial charge in [-0.05, 0) is 43.0 Å². The second kappa shape index (κ2) is 6.69. The van der Waals surface area contributed by atoms with Gasteiger partial charge in [0.2, 0.25) is 5.91 Å². The molecule has 1 atom stereocenters. The maximum Gasteiger partial charge on any atom is 0.226 e. The molecule has 3 rings (SSSR count). The normalized spacial score (nSPS) is 23.2. The third-order valence-corrected chi connectivity index (χ3v) is 4.75. The molecule has 0 bridgehead atoms. The number of morpholine rings is 1. The largest absolute Gasteiger partial charge is 0.377 e. The van der Waals surface area contributed by atoms with Crippen molar-refractivity contribution in [3.63, 3.8) is 0 Å². The van der Waals surface area contributed by atoms with Crippen LogP contribution in [0.5, 0.6) is 0 Å². The van der Waals surface area contributed by atoms with Crippen LogP contribution in [0.1, 0.15) is 33.1 Å². The van der Waals surface area contributed by atoms with Crippen LogP contribution in [0.25, 0.3) is 0 Å². The number of hydrogen-bond donors (Lipinski definition) is 0. The number of rotatable bonds is 3. The zero-order valence-corrected chi connectivity index (χ0v) is 13.6. The van der Waals surface area contributed by atoms with Crippen molar-refractivity contribution in [3.8, 4) is 0 Å². The van der Waals surface area contributed by atoms with E-state index in [4.69, 9.17) is 4.74 Å². The second-order valence-electron chi connectivity index (χ2n) is 6.60. The van der Waals surface area contributed by atoms with Crippen molar-refractivity contribution in [3.05, 3.63) is 24.3 Å². The summed E-state index contributed by atoms with van der Waals surface area (Å²) in [7, 11) is 0. The van der Waals surface area contributed by atoms with Gasteiger partial charge >= 0.3 is 0 Å². The maximum absolute atomic E-state index is 12.0. The van der Waals surface area contributed by atoms with E-state index < -0.39 is 0 Å². The molecule has 4 nitrogen and oxygen atoms in total. The summed E-state index contributed by atoms with van der Waals surface area (Å²) < 4.78 is 5.63. The molecule has 4 heteroatoms. The molecular weight excluding hydrogens is 276 g/mol. The van der Waals surface area contributed by atoms with E-state index in [2.05, 4.69) is 43.0 Å². The molecule has 1 amide bonds. The Morgan fingerprint density at radius 1 is 1.09 bits per heavy atom. The zero-order chi connectivity index (χ0) is 15.5. The number of hydrogen-bond acceptors (Lipinski definition) is 3. The summed E-state index contributed by atoms with van der Waals surface area (Å²) >= 11 is 0. The fourth-order valence-corrected chi connectivity index (χ4v) is 3.40. The molecule has 2 aliphatic heterocycles. The van der Waals surface area contributed by atoms with Crippen molar-refractivity contribution in [2.75, 3.05) is 36.1 Å². The molecule has 1 unspecified atom stereocenters. The smallest absolute Gasteiger partial charge is 0.226 e. The molecular formula is C18H26N2O2. The molecule has 0 spiro atoms. The maximum atomic E-state index is 12.0. The summed E-state index contributed by atoms with van der Waals surface area (Å²) in [4.78, 5) is 16.4. The van der Waals surface area contributed by atoms with E-state index in [1.807, 2.05) is 4.90 Å². The van der Waals surface area contributed by atoms with Gasteiger partial charge in [0, 0.05) is 30.9 Å². The van der Waals surface area contributed by atoms with Gasteiger partial charge < -0.3 is 14.5 Å². The first-order valence-corrected chi connectivity index (χ1v) is 8.41. The van der Waals surface area contributed by atoms with Crippen molar-refractivity contribution >= 4 is 17.3 Å². The standard InChI is InChI=1S/C18H26N2O2/c1-14(2)17-13-22-12-11-19(17)15-6-8-16(9-7-15)20-10-4-3-5-18(20)21/h6-9,14,17H,3-5,10-13H2,1-2H3. The number of carbonyl (C=O) groups excluding carboxylic acids is 1. The zero-order valence-electron chi connectivity index (χ0n) is 13.6. The first-order chi connectivity index (χ1) is 10.7. The Bertz CT molecular complexity index is 512.